The lowest BCUT2D eigenvalue weighted by atomic mass is 10.1. The molecule has 0 atom stereocenters. The zero-order chi connectivity index (χ0) is 13.0. The molecule has 2 aromatic rings. The minimum Gasteiger partial charge on any atom is -0.379 e. The van der Waals surface area contributed by atoms with Crippen LogP contribution >= 0.6 is 0 Å². The van der Waals surface area contributed by atoms with Crippen LogP contribution in [0.2, 0.25) is 0 Å². The molecule has 0 unspecified atom stereocenters. The zero-order valence-electron chi connectivity index (χ0n) is 9.79. The van der Waals surface area contributed by atoms with E-state index in [4.69, 9.17) is 5.73 Å². The number of hydrogen-bond donors (Lipinski definition) is 2. The van der Waals surface area contributed by atoms with Crippen LogP contribution in [-0.2, 0) is 13.1 Å². The quantitative estimate of drug-likeness (QED) is 0.872. The molecule has 0 aliphatic carbocycles. The molecule has 2 aromatic carbocycles. The van der Waals surface area contributed by atoms with Gasteiger partial charge in [-0.2, -0.15) is 0 Å². The van der Waals surface area contributed by atoms with Crippen molar-refractivity contribution in [2.24, 2.45) is 5.73 Å². The standard InChI is InChI=1S/C14H14F2N2/c15-12-4-5-13(16)14(7-12)18-9-11-3-1-2-10(6-11)8-17/h1-7,18H,8-9,17H2. The minimum absolute atomic E-state index is 0.160. The lowest BCUT2D eigenvalue weighted by Gasteiger charge is -2.08. The first kappa shape index (κ1) is 12.5. The topological polar surface area (TPSA) is 38.0 Å². The highest BCUT2D eigenvalue weighted by molar-refractivity contribution is 5.45. The van der Waals surface area contributed by atoms with E-state index < -0.39 is 11.6 Å². The fourth-order valence-corrected chi connectivity index (χ4v) is 1.70. The Labute approximate surface area is 104 Å². The number of hydrogen-bond acceptors (Lipinski definition) is 2. The van der Waals surface area contributed by atoms with E-state index in [1.165, 1.54) is 0 Å². The second-order valence-electron chi connectivity index (χ2n) is 4.00. The molecule has 94 valence electrons. The molecule has 0 amide bonds. The monoisotopic (exact) mass is 248 g/mol. The van der Waals surface area contributed by atoms with Crippen molar-refractivity contribution in [1.82, 2.24) is 0 Å². The summed E-state index contributed by atoms with van der Waals surface area (Å²) < 4.78 is 26.3. The Bertz CT molecular complexity index is 541. The van der Waals surface area contributed by atoms with Gasteiger partial charge in [-0.1, -0.05) is 24.3 Å². The van der Waals surface area contributed by atoms with Gasteiger partial charge < -0.3 is 11.1 Å². The molecule has 0 aliphatic rings. The van der Waals surface area contributed by atoms with Crippen LogP contribution < -0.4 is 11.1 Å². The van der Waals surface area contributed by atoms with E-state index in [1.54, 1.807) is 0 Å². The summed E-state index contributed by atoms with van der Waals surface area (Å²) in [4.78, 5) is 0. The van der Waals surface area contributed by atoms with Crippen LogP contribution in [0.25, 0.3) is 0 Å². The second kappa shape index (κ2) is 5.60. The van der Waals surface area contributed by atoms with Gasteiger partial charge in [-0.05, 0) is 29.3 Å². The summed E-state index contributed by atoms with van der Waals surface area (Å²) in [6.45, 7) is 0.885. The molecule has 3 N–H and O–H groups in total. The number of rotatable bonds is 4. The van der Waals surface area contributed by atoms with E-state index in [2.05, 4.69) is 5.32 Å². The molecular formula is C14H14F2N2. The summed E-state index contributed by atoms with van der Waals surface area (Å²) in [6, 6.07) is 11.0. The molecule has 4 heteroatoms. The van der Waals surface area contributed by atoms with Gasteiger partial charge in [0.15, 0.2) is 0 Å². The number of nitrogens with one attached hydrogen (secondary N) is 1. The van der Waals surface area contributed by atoms with Gasteiger partial charge in [0.25, 0.3) is 0 Å². The highest BCUT2D eigenvalue weighted by Gasteiger charge is 2.03. The molecule has 0 saturated heterocycles. The average Bonchev–Trinajstić information content (AvgIpc) is 2.40. The molecule has 0 spiro atoms. The molecule has 2 nitrogen and oxygen atoms in total. The van der Waals surface area contributed by atoms with Crippen LogP contribution in [0.4, 0.5) is 14.5 Å². The third-order valence-corrected chi connectivity index (χ3v) is 2.64. The molecule has 2 rings (SSSR count). The van der Waals surface area contributed by atoms with Gasteiger partial charge in [-0.15, -0.1) is 0 Å². The summed E-state index contributed by atoms with van der Waals surface area (Å²) in [5.41, 5.74) is 7.68. The molecule has 0 bridgehead atoms. The maximum absolute atomic E-state index is 13.4. The van der Waals surface area contributed by atoms with Crippen molar-refractivity contribution >= 4 is 5.69 Å². The van der Waals surface area contributed by atoms with Gasteiger partial charge in [0, 0.05) is 13.1 Å². The molecule has 0 radical (unpaired) electrons. The first-order valence-electron chi connectivity index (χ1n) is 5.66. The van der Waals surface area contributed by atoms with Crippen LogP contribution in [0.1, 0.15) is 11.1 Å². The fourth-order valence-electron chi connectivity index (χ4n) is 1.70. The van der Waals surface area contributed by atoms with Gasteiger partial charge in [-0.25, -0.2) is 8.78 Å². The van der Waals surface area contributed by atoms with Crippen molar-refractivity contribution in [2.45, 2.75) is 13.1 Å². The van der Waals surface area contributed by atoms with Gasteiger partial charge in [0.05, 0.1) is 5.69 Å². The van der Waals surface area contributed by atoms with Gasteiger partial charge in [0.2, 0.25) is 0 Å². The Balaban J connectivity index is 2.08. The first-order chi connectivity index (χ1) is 8.69. The van der Waals surface area contributed by atoms with E-state index in [1.807, 2.05) is 24.3 Å². The summed E-state index contributed by atoms with van der Waals surface area (Å²) in [6.07, 6.45) is 0. The van der Waals surface area contributed by atoms with Crippen molar-refractivity contribution in [2.75, 3.05) is 5.32 Å². The third kappa shape index (κ3) is 3.05. The van der Waals surface area contributed by atoms with Crippen LogP contribution in [0, 0.1) is 11.6 Å². The van der Waals surface area contributed by atoms with Gasteiger partial charge in [-0.3, -0.25) is 0 Å². The summed E-state index contributed by atoms with van der Waals surface area (Å²) >= 11 is 0. The Morgan fingerprint density at radius 1 is 1.00 bits per heavy atom. The predicted molar refractivity (Wildman–Crippen MR) is 68.0 cm³/mol. The maximum Gasteiger partial charge on any atom is 0.146 e. The molecule has 0 aromatic heterocycles. The SMILES string of the molecule is NCc1cccc(CNc2cc(F)ccc2F)c1. The normalized spacial score (nSPS) is 10.4. The molecule has 18 heavy (non-hydrogen) atoms. The van der Waals surface area contributed by atoms with Crippen molar-refractivity contribution in [3.05, 3.63) is 65.2 Å². The number of nitrogens with two attached hydrogens (primary N) is 1. The van der Waals surface area contributed by atoms with E-state index in [-0.39, 0.29) is 5.69 Å². The molecule has 0 fully saturated rings. The van der Waals surface area contributed by atoms with Gasteiger partial charge in [0.1, 0.15) is 11.6 Å². The fraction of sp³-hybridized carbons (Fsp3) is 0.143. The highest BCUT2D eigenvalue weighted by Crippen LogP contribution is 2.16. The number of benzene rings is 2. The Hall–Kier alpha value is -1.94. The Morgan fingerprint density at radius 2 is 1.78 bits per heavy atom. The lowest BCUT2D eigenvalue weighted by Crippen LogP contribution is -2.03. The second-order valence-corrected chi connectivity index (χ2v) is 4.00. The number of anilines is 1. The van der Waals surface area contributed by atoms with Crippen molar-refractivity contribution in [3.8, 4) is 0 Å². The lowest BCUT2D eigenvalue weighted by molar-refractivity contribution is 0.602. The van der Waals surface area contributed by atoms with Crippen LogP contribution in [0.15, 0.2) is 42.5 Å². The number of halogens is 2. The summed E-state index contributed by atoms with van der Waals surface area (Å²) in [5, 5.41) is 2.87. The first-order valence-corrected chi connectivity index (χ1v) is 5.66. The van der Waals surface area contributed by atoms with Crippen LogP contribution in [0.5, 0.6) is 0 Å². The third-order valence-electron chi connectivity index (χ3n) is 2.64. The van der Waals surface area contributed by atoms with Crippen LogP contribution in [0.3, 0.4) is 0 Å². The molecule has 0 saturated carbocycles. The largest absolute Gasteiger partial charge is 0.379 e. The van der Waals surface area contributed by atoms with E-state index in [0.29, 0.717) is 13.1 Å². The smallest absolute Gasteiger partial charge is 0.146 e. The predicted octanol–water partition coefficient (Wildman–Crippen LogP) is 3.04. The van der Waals surface area contributed by atoms with E-state index in [9.17, 15) is 8.78 Å². The average molecular weight is 248 g/mol. The van der Waals surface area contributed by atoms with Crippen molar-refractivity contribution in [3.63, 3.8) is 0 Å². The van der Waals surface area contributed by atoms with Crippen molar-refractivity contribution in [1.29, 1.82) is 0 Å². The Morgan fingerprint density at radius 3 is 2.56 bits per heavy atom. The zero-order valence-corrected chi connectivity index (χ0v) is 9.79. The molecule has 0 aliphatic heterocycles. The highest BCUT2D eigenvalue weighted by atomic mass is 19.1. The molecular weight excluding hydrogens is 234 g/mol. The molecule has 0 heterocycles. The van der Waals surface area contributed by atoms with Crippen LogP contribution in [-0.4, -0.2) is 0 Å². The van der Waals surface area contributed by atoms with Gasteiger partial charge >= 0.3 is 0 Å². The maximum atomic E-state index is 13.4. The minimum atomic E-state index is -0.466. The summed E-state index contributed by atoms with van der Waals surface area (Å²) in [7, 11) is 0. The Kier molecular flexibility index (Phi) is 3.89. The van der Waals surface area contributed by atoms with E-state index in [0.717, 1.165) is 29.3 Å². The van der Waals surface area contributed by atoms with Crippen molar-refractivity contribution < 1.29 is 8.78 Å². The van der Waals surface area contributed by atoms with E-state index >= 15 is 0 Å². The summed E-state index contributed by atoms with van der Waals surface area (Å²) in [5.74, 6) is -0.930.